The Balaban J connectivity index is 2.62. The minimum absolute atomic E-state index is 0.159. The fraction of sp³-hybridized carbons (Fsp3) is 0.571. The normalized spacial score (nSPS) is 12.5. The van der Waals surface area contributed by atoms with Crippen LogP contribution in [0.3, 0.4) is 0 Å². The third-order valence-electron chi connectivity index (χ3n) is 2.81. The maximum Gasteiger partial charge on any atom is 0.125 e. The molecule has 2 heteroatoms. The highest BCUT2D eigenvalue weighted by atomic mass is 19.1. The van der Waals surface area contributed by atoms with Crippen LogP contribution in [-0.4, -0.2) is 6.04 Å². The predicted octanol–water partition coefficient (Wildman–Crippen LogP) is 4.51. The Hall–Kier alpha value is -1.05. The van der Waals surface area contributed by atoms with Gasteiger partial charge in [-0.05, 0) is 43.5 Å². The molecule has 0 saturated heterocycles. The van der Waals surface area contributed by atoms with Crippen LogP contribution < -0.4 is 5.32 Å². The Kier molecular flexibility index (Phi) is 5.30. The maximum absolute atomic E-state index is 13.2. The highest BCUT2D eigenvalue weighted by Crippen LogP contribution is 2.17. The molecule has 0 saturated carbocycles. The second kappa shape index (κ2) is 6.51. The van der Waals surface area contributed by atoms with Gasteiger partial charge in [-0.15, -0.1) is 0 Å². The number of benzene rings is 1. The minimum atomic E-state index is -0.159. The molecule has 16 heavy (non-hydrogen) atoms. The van der Waals surface area contributed by atoms with Crippen molar-refractivity contribution < 1.29 is 4.39 Å². The quantitative estimate of drug-likeness (QED) is 0.748. The van der Waals surface area contributed by atoms with Gasteiger partial charge < -0.3 is 5.32 Å². The van der Waals surface area contributed by atoms with Crippen LogP contribution >= 0.6 is 0 Å². The average molecular weight is 223 g/mol. The molecule has 0 radical (unpaired) electrons. The summed E-state index contributed by atoms with van der Waals surface area (Å²) < 4.78 is 13.2. The summed E-state index contributed by atoms with van der Waals surface area (Å²) in [6, 6.07) is 5.58. The molecule has 0 amide bonds. The van der Waals surface area contributed by atoms with Crippen LogP contribution in [0.15, 0.2) is 18.2 Å². The smallest absolute Gasteiger partial charge is 0.125 e. The molecule has 1 atom stereocenters. The molecule has 0 aliphatic rings. The second-order valence-corrected chi connectivity index (χ2v) is 4.41. The SMILES string of the molecule is CCCCC(CC)Nc1cc(C)cc(F)c1. The molecule has 0 aliphatic heterocycles. The van der Waals surface area contributed by atoms with Crippen LogP contribution in [-0.2, 0) is 0 Å². The molecule has 0 aromatic heterocycles. The zero-order valence-corrected chi connectivity index (χ0v) is 10.5. The topological polar surface area (TPSA) is 12.0 Å². The lowest BCUT2D eigenvalue weighted by atomic mass is 10.1. The Morgan fingerprint density at radius 2 is 2.00 bits per heavy atom. The van der Waals surface area contributed by atoms with Crippen LogP contribution in [0.5, 0.6) is 0 Å². The number of unbranched alkanes of at least 4 members (excludes halogenated alkanes) is 1. The number of hydrogen-bond donors (Lipinski definition) is 1. The molecule has 1 N–H and O–H groups in total. The molecule has 1 aromatic carbocycles. The summed E-state index contributed by atoms with van der Waals surface area (Å²) in [4.78, 5) is 0. The standard InChI is InChI=1S/C14H22FN/c1-4-6-7-13(5-2)16-14-9-11(3)8-12(15)10-14/h8-10,13,16H,4-7H2,1-3H3. The molecule has 1 unspecified atom stereocenters. The van der Waals surface area contributed by atoms with E-state index in [1.54, 1.807) is 12.1 Å². The van der Waals surface area contributed by atoms with Crippen molar-refractivity contribution in [2.24, 2.45) is 0 Å². The lowest BCUT2D eigenvalue weighted by Gasteiger charge is -2.18. The molecule has 0 aliphatic carbocycles. The van der Waals surface area contributed by atoms with E-state index in [0.717, 1.165) is 24.1 Å². The minimum Gasteiger partial charge on any atom is -0.382 e. The molecule has 0 fully saturated rings. The van der Waals surface area contributed by atoms with Crippen molar-refractivity contribution in [1.29, 1.82) is 0 Å². The van der Waals surface area contributed by atoms with Crippen molar-refractivity contribution in [1.82, 2.24) is 0 Å². The number of rotatable bonds is 6. The van der Waals surface area contributed by atoms with E-state index in [1.165, 1.54) is 12.8 Å². The van der Waals surface area contributed by atoms with E-state index in [9.17, 15) is 4.39 Å². The Labute approximate surface area is 98.1 Å². The van der Waals surface area contributed by atoms with Crippen molar-refractivity contribution >= 4 is 5.69 Å². The van der Waals surface area contributed by atoms with Crippen molar-refractivity contribution in [3.8, 4) is 0 Å². The first-order chi connectivity index (χ1) is 7.65. The second-order valence-electron chi connectivity index (χ2n) is 4.41. The van der Waals surface area contributed by atoms with Gasteiger partial charge in [-0.1, -0.05) is 26.7 Å². The number of halogens is 1. The van der Waals surface area contributed by atoms with Gasteiger partial charge in [0.15, 0.2) is 0 Å². The zero-order valence-electron chi connectivity index (χ0n) is 10.5. The predicted molar refractivity (Wildman–Crippen MR) is 68.4 cm³/mol. The average Bonchev–Trinajstić information content (AvgIpc) is 2.22. The molecule has 90 valence electrons. The lowest BCUT2D eigenvalue weighted by Crippen LogP contribution is -2.18. The monoisotopic (exact) mass is 223 g/mol. The summed E-state index contributed by atoms with van der Waals surface area (Å²) in [6.45, 7) is 6.28. The highest BCUT2D eigenvalue weighted by molar-refractivity contribution is 5.46. The summed E-state index contributed by atoms with van der Waals surface area (Å²) in [5.41, 5.74) is 1.87. The van der Waals surface area contributed by atoms with Crippen LogP contribution in [0.1, 0.15) is 45.1 Å². The van der Waals surface area contributed by atoms with Crippen LogP contribution in [0.2, 0.25) is 0 Å². The molecule has 0 bridgehead atoms. The van der Waals surface area contributed by atoms with Gasteiger partial charge in [-0.25, -0.2) is 4.39 Å². The summed E-state index contributed by atoms with van der Waals surface area (Å²) >= 11 is 0. The third kappa shape index (κ3) is 4.21. The molecule has 1 aromatic rings. The van der Waals surface area contributed by atoms with Gasteiger partial charge in [-0.3, -0.25) is 0 Å². The van der Waals surface area contributed by atoms with Gasteiger partial charge in [0.05, 0.1) is 0 Å². The largest absolute Gasteiger partial charge is 0.382 e. The summed E-state index contributed by atoms with van der Waals surface area (Å²) in [7, 11) is 0. The first kappa shape index (κ1) is 13.0. The zero-order chi connectivity index (χ0) is 12.0. The number of anilines is 1. The van der Waals surface area contributed by atoms with Gasteiger partial charge in [0.2, 0.25) is 0 Å². The molecule has 0 spiro atoms. The van der Waals surface area contributed by atoms with E-state index in [2.05, 4.69) is 19.2 Å². The number of aryl methyl sites for hydroxylation is 1. The molecule has 0 heterocycles. The van der Waals surface area contributed by atoms with E-state index in [0.29, 0.717) is 6.04 Å². The third-order valence-corrected chi connectivity index (χ3v) is 2.81. The van der Waals surface area contributed by atoms with E-state index in [1.807, 2.05) is 13.0 Å². The molecule has 1 nitrogen and oxygen atoms in total. The van der Waals surface area contributed by atoms with Gasteiger partial charge >= 0.3 is 0 Å². The van der Waals surface area contributed by atoms with Gasteiger partial charge in [0.1, 0.15) is 5.82 Å². The van der Waals surface area contributed by atoms with E-state index < -0.39 is 0 Å². The van der Waals surface area contributed by atoms with Gasteiger partial charge in [-0.2, -0.15) is 0 Å². The Morgan fingerprint density at radius 3 is 2.56 bits per heavy atom. The van der Waals surface area contributed by atoms with E-state index in [4.69, 9.17) is 0 Å². The fourth-order valence-corrected chi connectivity index (χ4v) is 1.88. The summed E-state index contributed by atoms with van der Waals surface area (Å²) in [6.07, 6.45) is 4.66. The maximum atomic E-state index is 13.2. The first-order valence-corrected chi connectivity index (χ1v) is 6.19. The Bertz CT molecular complexity index is 302. The van der Waals surface area contributed by atoms with Gasteiger partial charge in [0.25, 0.3) is 0 Å². The van der Waals surface area contributed by atoms with E-state index >= 15 is 0 Å². The van der Waals surface area contributed by atoms with Crippen molar-refractivity contribution in [3.63, 3.8) is 0 Å². The van der Waals surface area contributed by atoms with Gasteiger partial charge in [0, 0.05) is 11.7 Å². The number of hydrogen-bond acceptors (Lipinski definition) is 1. The van der Waals surface area contributed by atoms with Crippen LogP contribution in [0.25, 0.3) is 0 Å². The summed E-state index contributed by atoms with van der Waals surface area (Å²) in [5, 5.41) is 3.41. The van der Waals surface area contributed by atoms with Crippen LogP contribution in [0.4, 0.5) is 10.1 Å². The molecule has 1 rings (SSSR count). The summed E-state index contributed by atoms with van der Waals surface area (Å²) in [5.74, 6) is -0.159. The van der Waals surface area contributed by atoms with E-state index in [-0.39, 0.29) is 5.82 Å². The molecular weight excluding hydrogens is 201 g/mol. The number of nitrogens with one attached hydrogen (secondary N) is 1. The van der Waals surface area contributed by atoms with Crippen molar-refractivity contribution in [2.75, 3.05) is 5.32 Å². The van der Waals surface area contributed by atoms with Crippen molar-refractivity contribution in [3.05, 3.63) is 29.6 Å². The first-order valence-electron chi connectivity index (χ1n) is 6.19. The fourth-order valence-electron chi connectivity index (χ4n) is 1.88. The molecular formula is C14H22FN. The Morgan fingerprint density at radius 1 is 1.25 bits per heavy atom. The van der Waals surface area contributed by atoms with Crippen LogP contribution in [0, 0.1) is 12.7 Å². The lowest BCUT2D eigenvalue weighted by molar-refractivity contribution is 0.591. The highest BCUT2D eigenvalue weighted by Gasteiger charge is 2.06. The van der Waals surface area contributed by atoms with Crippen molar-refractivity contribution in [2.45, 2.75) is 52.5 Å².